The molecule has 0 bridgehead atoms. The SMILES string of the molecule is O=C(c1cccc(O)c1)c1ccc(-c2cccc(OCc3cccc(Cl)c3)c2)s1. The minimum atomic E-state index is -0.106. The number of ether oxygens (including phenoxy) is 1. The van der Waals surface area contributed by atoms with Crippen molar-refractivity contribution >= 4 is 28.7 Å². The average molecular weight is 421 g/mol. The van der Waals surface area contributed by atoms with Gasteiger partial charge in [0.25, 0.3) is 0 Å². The lowest BCUT2D eigenvalue weighted by molar-refractivity contribution is 0.104. The minimum Gasteiger partial charge on any atom is -0.508 e. The Labute approximate surface area is 177 Å². The van der Waals surface area contributed by atoms with E-state index in [1.807, 2.05) is 60.7 Å². The van der Waals surface area contributed by atoms with E-state index in [1.54, 1.807) is 18.2 Å². The van der Waals surface area contributed by atoms with Crippen molar-refractivity contribution in [2.24, 2.45) is 0 Å². The van der Waals surface area contributed by atoms with Crippen molar-refractivity contribution in [1.29, 1.82) is 0 Å². The van der Waals surface area contributed by atoms with E-state index >= 15 is 0 Å². The van der Waals surface area contributed by atoms with Gasteiger partial charge < -0.3 is 9.84 Å². The summed E-state index contributed by atoms with van der Waals surface area (Å²) in [5.74, 6) is 0.722. The van der Waals surface area contributed by atoms with Crippen molar-refractivity contribution < 1.29 is 14.6 Å². The predicted molar refractivity (Wildman–Crippen MR) is 117 cm³/mol. The Balaban J connectivity index is 1.51. The molecule has 0 aliphatic rings. The fourth-order valence-corrected chi connectivity index (χ4v) is 4.11. The van der Waals surface area contributed by atoms with E-state index in [0.29, 0.717) is 22.1 Å². The summed E-state index contributed by atoms with van der Waals surface area (Å²) < 4.78 is 5.90. The van der Waals surface area contributed by atoms with Crippen LogP contribution in [0.3, 0.4) is 0 Å². The molecule has 5 heteroatoms. The summed E-state index contributed by atoms with van der Waals surface area (Å²) in [6.07, 6.45) is 0. The second-order valence-electron chi connectivity index (χ2n) is 6.49. The Hall–Kier alpha value is -3.08. The van der Waals surface area contributed by atoms with Gasteiger partial charge in [-0.15, -0.1) is 11.3 Å². The van der Waals surface area contributed by atoms with E-state index in [4.69, 9.17) is 16.3 Å². The summed E-state index contributed by atoms with van der Waals surface area (Å²) in [4.78, 5) is 14.3. The van der Waals surface area contributed by atoms with Gasteiger partial charge in [-0.2, -0.15) is 0 Å². The third-order valence-corrected chi connectivity index (χ3v) is 5.72. The molecule has 29 heavy (non-hydrogen) atoms. The summed E-state index contributed by atoms with van der Waals surface area (Å²) in [6, 6.07) is 25.5. The number of ketones is 1. The highest BCUT2D eigenvalue weighted by atomic mass is 35.5. The summed E-state index contributed by atoms with van der Waals surface area (Å²) in [5.41, 5.74) is 2.45. The first kappa shape index (κ1) is 19.2. The number of aromatic hydroxyl groups is 1. The highest BCUT2D eigenvalue weighted by Gasteiger charge is 2.13. The highest BCUT2D eigenvalue weighted by Crippen LogP contribution is 2.32. The molecule has 1 N–H and O–H groups in total. The Morgan fingerprint density at radius 2 is 1.76 bits per heavy atom. The molecular formula is C24H17ClO3S. The number of halogens is 1. The number of carbonyl (C=O) groups is 1. The van der Waals surface area contributed by atoms with Crippen LogP contribution < -0.4 is 4.74 Å². The molecule has 0 fully saturated rings. The van der Waals surface area contributed by atoms with Gasteiger partial charge in [0.2, 0.25) is 5.78 Å². The van der Waals surface area contributed by atoms with Gasteiger partial charge in [-0.3, -0.25) is 4.79 Å². The summed E-state index contributed by atoms with van der Waals surface area (Å²) in [7, 11) is 0. The van der Waals surface area contributed by atoms with Gasteiger partial charge in [0.1, 0.15) is 18.1 Å². The molecule has 0 radical (unpaired) electrons. The number of hydrogen-bond acceptors (Lipinski definition) is 4. The fourth-order valence-electron chi connectivity index (χ4n) is 2.94. The van der Waals surface area contributed by atoms with Gasteiger partial charge in [-0.1, -0.05) is 48.0 Å². The normalized spacial score (nSPS) is 10.7. The Kier molecular flexibility index (Phi) is 5.65. The van der Waals surface area contributed by atoms with E-state index in [1.165, 1.54) is 17.4 Å². The lowest BCUT2D eigenvalue weighted by atomic mass is 10.1. The van der Waals surface area contributed by atoms with Gasteiger partial charge in [-0.25, -0.2) is 0 Å². The third kappa shape index (κ3) is 4.67. The van der Waals surface area contributed by atoms with Crippen LogP contribution in [-0.2, 0) is 6.61 Å². The largest absolute Gasteiger partial charge is 0.508 e. The van der Waals surface area contributed by atoms with Gasteiger partial charge in [0, 0.05) is 15.5 Å². The number of phenols is 1. The predicted octanol–water partition coefficient (Wildman–Crippen LogP) is 6.58. The number of benzene rings is 3. The number of hydrogen-bond donors (Lipinski definition) is 1. The molecule has 1 heterocycles. The van der Waals surface area contributed by atoms with Crippen LogP contribution in [-0.4, -0.2) is 10.9 Å². The Morgan fingerprint density at radius 1 is 0.931 bits per heavy atom. The summed E-state index contributed by atoms with van der Waals surface area (Å²) in [6.45, 7) is 0.426. The van der Waals surface area contributed by atoms with Crippen molar-refractivity contribution in [3.05, 3.63) is 106 Å². The fraction of sp³-hybridized carbons (Fsp3) is 0.0417. The molecule has 4 aromatic rings. The number of thiophene rings is 1. The molecule has 3 aromatic carbocycles. The van der Waals surface area contributed by atoms with E-state index in [2.05, 4.69) is 0 Å². The van der Waals surface area contributed by atoms with E-state index in [9.17, 15) is 9.90 Å². The second-order valence-corrected chi connectivity index (χ2v) is 8.01. The van der Waals surface area contributed by atoms with Crippen molar-refractivity contribution in [2.75, 3.05) is 0 Å². The smallest absolute Gasteiger partial charge is 0.203 e. The first-order chi connectivity index (χ1) is 14.1. The first-order valence-corrected chi connectivity index (χ1v) is 10.2. The Bertz CT molecular complexity index is 1170. The van der Waals surface area contributed by atoms with Crippen LogP contribution in [0.25, 0.3) is 10.4 Å². The number of rotatable bonds is 6. The van der Waals surface area contributed by atoms with Crippen LogP contribution in [0, 0.1) is 0 Å². The maximum Gasteiger partial charge on any atom is 0.203 e. The Morgan fingerprint density at radius 3 is 2.59 bits per heavy atom. The molecular weight excluding hydrogens is 404 g/mol. The topological polar surface area (TPSA) is 46.5 Å². The molecule has 0 spiro atoms. The first-order valence-electron chi connectivity index (χ1n) is 9.00. The van der Waals surface area contributed by atoms with E-state index in [-0.39, 0.29) is 11.5 Å². The van der Waals surface area contributed by atoms with Crippen molar-refractivity contribution in [2.45, 2.75) is 6.61 Å². The summed E-state index contributed by atoms with van der Waals surface area (Å²) >= 11 is 7.43. The molecule has 0 saturated carbocycles. The number of phenolic OH excluding ortho intramolecular Hbond substituents is 1. The quantitative estimate of drug-likeness (QED) is 0.358. The van der Waals surface area contributed by atoms with Gasteiger partial charge in [0.05, 0.1) is 4.88 Å². The molecule has 0 atom stereocenters. The number of carbonyl (C=O) groups excluding carboxylic acids is 1. The molecule has 0 saturated heterocycles. The molecule has 0 aliphatic carbocycles. The highest BCUT2D eigenvalue weighted by molar-refractivity contribution is 7.17. The average Bonchev–Trinajstić information content (AvgIpc) is 3.22. The van der Waals surface area contributed by atoms with Crippen molar-refractivity contribution in [1.82, 2.24) is 0 Å². The van der Waals surface area contributed by atoms with Crippen LogP contribution in [0.2, 0.25) is 5.02 Å². The maximum atomic E-state index is 12.7. The zero-order valence-corrected chi connectivity index (χ0v) is 16.9. The lowest BCUT2D eigenvalue weighted by Gasteiger charge is -2.08. The van der Waals surface area contributed by atoms with Gasteiger partial charge in [0.15, 0.2) is 0 Å². The lowest BCUT2D eigenvalue weighted by Crippen LogP contribution is -1.97. The molecule has 0 aliphatic heterocycles. The standard InChI is InChI=1S/C24H17ClO3S/c25-19-7-1-4-16(12-19)15-28-21-9-3-5-17(14-21)22-10-11-23(29-22)24(27)18-6-2-8-20(26)13-18/h1-14,26H,15H2. The molecule has 0 unspecified atom stereocenters. The van der Waals surface area contributed by atoms with Crippen LogP contribution in [0.5, 0.6) is 11.5 Å². The third-order valence-electron chi connectivity index (χ3n) is 4.35. The monoisotopic (exact) mass is 420 g/mol. The van der Waals surface area contributed by atoms with Crippen LogP contribution in [0.4, 0.5) is 0 Å². The van der Waals surface area contributed by atoms with Crippen LogP contribution >= 0.6 is 22.9 Å². The molecule has 3 nitrogen and oxygen atoms in total. The second kappa shape index (κ2) is 8.52. The molecule has 144 valence electrons. The van der Waals surface area contributed by atoms with Crippen LogP contribution in [0.1, 0.15) is 20.8 Å². The summed E-state index contributed by atoms with van der Waals surface area (Å²) in [5, 5.41) is 10.3. The van der Waals surface area contributed by atoms with E-state index in [0.717, 1.165) is 21.8 Å². The van der Waals surface area contributed by atoms with Crippen LogP contribution in [0.15, 0.2) is 84.9 Å². The van der Waals surface area contributed by atoms with Gasteiger partial charge in [-0.05, 0) is 59.7 Å². The zero-order chi connectivity index (χ0) is 20.2. The molecule has 0 amide bonds. The zero-order valence-electron chi connectivity index (χ0n) is 15.3. The van der Waals surface area contributed by atoms with Crippen molar-refractivity contribution in [3.8, 4) is 21.9 Å². The molecule has 1 aromatic heterocycles. The van der Waals surface area contributed by atoms with E-state index < -0.39 is 0 Å². The maximum absolute atomic E-state index is 12.7. The van der Waals surface area contributed by atoms with Gasteiger partial charge >= 0.3 is 0 Å². The van der Waals surface area contributed by atoms with Crippen molar-refractivity contribution in [3.63, 3.8) is 0 Å². The molecule has 4 rings (SSSR count). The minimum absolute atomic E-state index is 0.0807.